The molecule has 1 saturated heterocycles. The van der Waals surface area contributed by atoms with Crippen molar-refractivity contribution in [3.8, 4) is 5.75 Å². The predicted molar refractivity (Wildman–Crippen MR) is 98.1 cm³/mol. The van der Waals surface area contributed by atoms with Crippen molar-refractivity contribution in [2.45, 2.75) is 36.5 Å². The molecule has 0 radical (unpaired) electrons. The molecule has 0 spiro atoms. The van der Waals surface area contributed by atoms with Crippen LogP contribution in [0.5, 0.6) is 5.75 Å². The van der Waals surface area contributed by atoms with E-state index in [1.54, 1.807) is 0 Å². The van der Waals surface area contributed by atoms with Crippen molar-refractivity contribution in [2.24, 2.45) is 0 Å². The van der Waals surface area contributed by atoms with Crippen molar-refractivity contribution in [1.29, 1.82) is 0 Å². The van der Waals surface area contributed by atoms with Gasteiger partial charge in [0.05, 0.1) is 0 Å². The third kappa shape index (κ3) is 3.56. The van der Waals surface area contributed by atoms with Gasteiger partial charge in [-0.3, -0.25) is 14.9 Å². The van der Waals surface area contributed by atoms with Crippen LogP contribution in [0.1, 0.15) is 23.1 Å². The predicted octanol–water partition coefficient (Wildman–Crippen LogP) is 4.07. The number of hydrogen-bond acceptors (Lipinski definition) is 4. The van der Waals surface area contributed by atoms with E-state index in [1.165, 1.54) is 23.8 Å². The van der Waals surface area contributed by atoms with Gasteiger partial charge >= 0.3 is 0 Å². The number of hydrogen-bond donors (Lipinski definition) is 1. The van der Waals surface area contributed by atoms with Crippen LogP contribution in [0.15, 0.2) is 48.5 Å². The number of alkyl halides is 2. The number of carbonyl (C=O) groups excluding carboxylic acids is 2. The molecule has 7 heteroatoms. The fraction of sp³-hybridized carbons (Fsp3) is 0.300. The standard InChI is InChI=1S/C20H17F2NO3S/c21-20(22,17-18(24)23-19(25)27-17)14-7-9-16-13(11-14)6-8-15(26-16)10-12-4-2-1-3-5-12/h1-5,7,9,11,15,17H,6,8,10H2,(H,23,24,25). The van der Waals surface area contributed by atoms with Crippen molar-refractivity contribution >= 4 is 22.9 Å². The number of aryl methyl sites for hydroxylation is 1. The van der Waals surface area contributed by atoms with Crippen LogP contribution in [0.25, 0.3) is 0 Å². The molecule has 0 aliphatic carbocycles. The molecule has 2 aromatic carbocycles. The lowest BCUT2D eigenvalue weighted by Crippen LogP contribution is -2.36. The van der Waals surface area contributed by atoms with Gasteiger partial charge in [-0.25, -0.2) is 0 Å². The summed E-state index contributed by atoms with van der Waals surface area (Å²) in [6.45, 7) is 0. The molecule has 0 aromatic heterocycles. The molecule has 27 heavy (non-hydrogen) atoms. The average molecular weight is 389 g/mol. The number of nitrogens with one attached hydrogen (secondary N) is 1. The summed E-state index contributed by atoms with van der Waals surface area (Å²) in [7, 11) is 0. The molecule has 2 heterocycles. The maximum atomic E-state index is 14.7. The van der Waals surface area contributed by atoms with Crippen LogP contribution in [0, 0.1) is 0 Å². The number of thioether (sulfide) groups is 1. The van der Waals surface area contributed by atoms with Crippen molar-refractivity contribution in [1.82, 2.24) is 5.32 Å². The van der Waals surface area contributed by atoms with Crippen LogP contribution < -0.4 is 10.1 Å². The van der Waals surface area contributed by atoms with Gasteiger partial charge < -0.3 is 4.74 Å². The van der Waals surface area contributed by atoms with Gasteiger partial charge in [0.1, 0.15) is 11.9 Å². The van der Waals surface area contributed by atoms with E-state index < -0.39 is 22.3 Å². The first-order valence-corrected chi connectivity index (χ1v) is 9.55. The highest BCUT2D eigenvalue weighted by molar-refractivity contribution is 8.15. The zero-order valence-electron chi connectivity index (χ0n) is 14.3. The third-order valence-electron chi connectivity index (χ3n) is 4.80. The van der Waals surface area contributed by atoms with Gasteiger partial charge in [0, 0.05) is 12.0 Å². The maximum Gasteiger partial charge on any atom is 0.294 e. The summed E-state index contributed by atoms with van der Waals surface area (Å²) in [4.78, 5) is 22.9. The highest BCUT2D eigenvalue weighted by atomic mass is 32.2. The van der Waals surface area contributed by atoms with E-state index in [4.69, 9.17) is 4.74 Å². The second-order valence-electron chi connectivity index (χ2n) is 6.69. The highest BCUT2D eigenvalue weighted by Crippen LogP contribution is 2.43. The van der Waals surface area contributed by atoms with Crippen LogP contribution in [0.4, 0.5) is 13.6 Å². The minimum Gasteiger partial charge on any atom is -0.490 e. The summed E-state index contributed by atoms with van der Waals surface area (Å²) < 4.78 is 35.5. The summed E-state index contributed by atoms with van der Waals surface area (Å²) in [6.07, 6.45) is 2.12. The summed E-state index contributed by atoms with van der Waals surface area (Å²) in [6, 6.07) is 14.2. The lowest BCUT2D eigenvalue weighted by molar-refractivity contribution is -0.125. The lowest BCUT2D eigenvalue weighted by atomic mass is 9.94. The van der Waals surface area contributed by atoms with Crippen molar-refractivity contribution < 1.29 is 23.1 Å². The number of rotatable bonds is 4. The largest absolute Gasteiger partial charge is 0.490 e. The summed E-state index contributed by atoms with van der Waals surface area (Å²) in [5, 5.41) is -0.564. The summed E-state index contributed by atoms with van der Waals surface area (Å²) in [5.74, 6) is -3.79. The third-order valence-corrected chi connectivity index (χ3v) is 5.86. The fourth-order valence-corrected chi connectivity index (χ4v) is 4.24. The van der Waals surface area contributed by atoms with Gasteiger partial charge in [-0.2, -0.15) is 8.78 Å². The Morgan fingerprint density at radius 1 is 1.15 bits per heavy atom. The van der Waals surface area contributed by atoms with E-state index in [1.807, 2.05) is 35.6 Å². The topological polar surface area (TPSA) is 55.4 Å². The Morgan fingerprint density at radius 3 is 2.63 bits per heavy atom. The van der Waals surface area contributed by atoms with Gasteiger partial charge in [-0.15, -0.1) is 0 Å². The quantitative estimate of drug-likeness (QED) is 0.857. The smallest absolute Gasteiger partial charge is 0.294 e. The Bertz CT molecular complexity index is 888. The van der Waals surface area contributed by atoms with Crippen LogP contribution in [-0.2, 0) is 23.6 Å². The molecule has 140 valence electrons. The fourth-order valence-electron chi connectivity index (χ4n) is 3.42. The molecular formula is C20H17F2NO3S. The number of ether oxygens (including phenoxy) is 1. The molecule has 2 unspecified atom stereocenters. The number of carbonyl (C=O) groups is 2. The molecule has 4 nitrogen and oxygen atoms in total. The second kappa shape index (κ2) is 6.96. The first kappa shape index (κ1) is 18.0. The maximum absolute atomic E-state index is 14.7. The first-order chi connectivity index (χ1) is 12.9. The molecule has 4 rings (SSSR count). The van der Waals surface area contributed by atoms with Crippen LogP contribution in [0.2, 0.25) is 0 Å². The van der Waals surface area contributed by atoms with Gasteiger partial charge in [-0.05, 0) is 53.9 Å². The van der Waals surface area contributed by atoms with Crippen LogP contribution in [0.3, 0.4) is 0 Å². The summed E-state index contributed by atoms with van der Waals surface area (Å²) >= 11 is 0.334. The lowest BCUT2D eigenvalue weighted by Gasteiger charge is -2.28. The van der Waals surface area contributed by atoms with E-state index in [2.05, 4.69) is 0 Å². The molecule has 2 aliphatic heterocycles. The van der Waals surface area contributed by atoms with E-state index in [9.17, 15) is 18.4 Å². The molecule has 1 N–H and O–H groups in total. The van der Waals surface area contributed by atoms with Crippen LogP contribution in [-0.4, -0.2) is 22.5 Å². The van der Waals surface area contributed by atoms with E-state index in [-0.39, 0.29) is 11.7 Å². The molecule has 1 fully saturated rings. The number of benzene rings is 2. The summed E-state index contributed by atoms with van der Waals surface area (Å²) in [5.41, 5.74) is 1.60. The van der Waals surface area contributed by atoms with Crippen LogP contribution >= 0.6 is 11.8 Å². The number of halogens is 2. The van der Waals surface area contributed by atoms with Crippen molar-refractivity contribution in [2.75, 3.05) is 0 Å². The zero-order valence-corrected chi connectivity index (χ0v) is 15.1. The molecule has 2 aliphatic rings. The molecule has 2 aromatic rings. The molecule has 2 atom stereocenters. The number of fused-ring (bicyclic) bond motifs is 1. The Morgan fingerprint density at radius 2 is 1.93 bits per heavy atom. The van der Waals surface area contributed by atoms with Gasteiger partial charge in [-0.1, -0.05) is 30.3 Å². The van der Waals surface area contributed by atoms with Gasteiger partial charge in [0.15, 0.2) is 5.25 Å². The van der Waals surface area contributed by atoms with E-state index in [0.717, 1.165) is 12.8 Å². The Balaban J connectivity index is 1.52. The normalized spacial score (nSPS) is 22.1. The minimum atomic E-state index is -3.43. The molecular weight excluding hydrogens is 372 g/mol. The number of amides is 2. The van der Waals surface area contributed by atoms with Crippen molar-refractivity contribution in [3.05, 3.63) is 65.2 Å². The first-order valence-electron chi connectivity index (χ1n) is 8.67. The second-order valence-corrected chi connectivity index (χ2v) is 7.77. The zero-order chi connectivity index (χ0) is 19.0. The Hall–Kier alpha value is -2.41. The monoisotopic (exact) mass is 389 g/mol. The SMILES string of the molecule is O=C1NC(=O)C(C(F)(F)c2ccc3c(c2)CCC(Cc2ccccc2)O3)S1. The molecule has 2 amide bonds. The van der Waals surface area contributed by atoms with E-state index in [0.29, 0.717) is 29.5 Å². The van der Waals surface area contributed by atoms with Gasteiger partial charge in [0.25, 0.3) is 11.2 Å². The van der Waals surface area contributed by atoms with Gasteiger partial charge in [0.2, 0.25) is 5.91 Å². The number of imide groups is 1. The van der Waals surface area contributed by atoms with Crippen molar-refractivity contribution in [3.63, 3.8) is 0 Å². The van der Waals surface area contributed by atoms with E-state index >= 15 is 0 Å². The molecule has 0 saturated carbocycles. The minimum absolute atomic E-state index is 0.0000436. The Labute approximate surface area is 159 Å². The molecule has 0 bridgehead atoms. The average Bonchev–Trinajstić information content (AvgIpc) is 3.01. The highest BCUT2D eigenvalue weighted by Gasteiger charge is 2.51. The Kier molecular flexibility index (Phi) is 4.63.